The molecule has 2 aromatic carbocycles. The Kier molecular flexibility index (Phi) is 4.04. The summed E-state index contributed by atoms with van der Waals surface area (Å²) in [5.41, 5.74) is -1.52. The smallest absolute Gasteiger partial charge is 0.355 e. The fourth-order valence-corrected chi connectivity index (χ4v) is 2.39. The van der Waals surface area contributed by atoms with Gasteiger partial charge in [-0.05, 0) is 36.4 Å². The minimum absolute atomic E-state index is 0.158. The molecule has 0 bridgehead atoms. The highest BCUT2D eigenvalue weighted by atomic mass is 79.9. The normalized spacial score (nSPS) is 11.7. The van der Waals surface area contributed by atoms with Crippen LogP contribution < -0.4 is 5.32 Å². The largest absolute Gasteiger partial charge is 0.416 e. The molecular formula is C15H7BrF4N2O2. The number of alkyl halides is 3. The number of rotatable bonds is 2. The molecule has 1 aromatic heterocycles. The second kappa shape index (κ2) is 5.90. The van der Waals surface area contributed by atoms with Gasteiger partial charge in [0.2, 0.25) is 0 Å². The third kappa shape index (κ3) is 3.12. The van der Waals surface area contributed by atoms with E-state index >= 15 is 0 Å². The molecule has 0 aliphatic heterocycles. The summed E-state index contributed by atoms with van der Waals surface area (Å²) < 4.78 is 57.4. The van der Waals surface area contributed by atoms with Gasteiger partial charge in [-0.25, -0.2) is 4.39 Å². The van der Waals surface area contributed by atoms with Crippen LogP contribution in [-0.4, -0.2) is 11.1 Å². The maximum absolute atomic E-state index is 13.7. The molecule has 1 N–H and O–H groups in total. The van der Waals surface area contributed by atoms with Crippen molar-refractivity contribution in [2.45, 2.75) is 6.18 Å². The lowest BCUT2D eigenvalue weighted by molar-refractivity contribution is -0.137. The van der Waals surface area contributed by atoms with Crippen molar-refractivity contribution in [3.8, 4) is 0 Å². The van der Waals surface area contributed by atoms with Gasteiger partial charge in [-0.15, -0.1) is 0 Å². The number of aromatic nitrogens is 1. The molecule has 0 spiro atoms. The third-order valence-electron chi connectivity index (χ3n) is 3.19. The van der Waals surface area contributed by atoms with Crippen LogP contribution in [0.25, 0.3) is 11.0 Å². The molecule has 1 amide bonds. The van der Waals surface area contributed by atoms with E-state index in [-0.39, 0.29) is 5.69 Å². The fourth-order valence-electron chi connectivity index (χ4n) is 2.05. The predicted octanol–water partition coefficient (Wildman–Crippen LogP) is 5.00. The van der Waals surface area contributed by atoms with Crippen molar-refractivity contribution in [2.24, 2.45) is 0 Å². The van der Waals surface area contributed by atoms with Gasteiger partial charge in [0.1, 0.15) is 5.82 Å². The summed E-state index contributed by atoms with van der Waals surface area (Å²) in [6, 6.07) is 6.51. The Morgan fingerprint density at radius 3 is 2.62 bits per heavy atom. The highest BCUT2D eigenvalue weighted by Crippen LogP contribution is 2.32. The molecule has 1 heterocycles. The third-order valence-corrected chi connectivity index (χ3v) is 3.68. The molecule has 0 saturated carbocycles. The molecule has 3 aromatic rings. The number of carbonyl (C=O) groups is 1. The number of fused-ring (bicyclic) bond motifs is 1. The minimum Gasteiger partial charge on any atom is -0.355 e. The summed E-state index contributed by atoms with van der Waals surface area (Å²) in [6.45, 7) is 0. The second-order valence-corrected chi connectivity index (χ2v) is 5.73. The summed E-state index contributed by atoms with van der Waals surface area (Å²) in [7, 11) is 0. The summed E-state index contributed by atoms with van der Waals surface area (Å²) in [6.07, 6.45) is -4.65. The maximum atomic E-state index is 13.7. The van der Waals surface area contributed by atoms with E-state index in [1.807, 2.05) is 0 Å². The SMILES string of the molecule is O=C(Nc1cc(C(F)(F)F)ccc1F)c1noc2cc(Br)ccc12. The second-order valence-electron chi connectivity index (χ2n) is 4.82. The lowest BCUT2D eigenvalue weighted by Crippen LogP contribution is -2.15. The van der Waals surface area contributed by atoms with Gasteiger partial charge in [0.05, 0.1) is 16.6 Å². The minimum atomic E-state index is -4.65. The molecule has 9 heteroatoms. The van der Waals surface area contributed by atoms with Gasteiger partial charge in [0.15, 0.2) is 11.3 Å². The fraction of sp³-hybridized carbons (Fsp3) is 0.0667. The molecule has 0 atom stereocenters. The van der Waals surface area contributed by atoms with Crippen LogP contribution >= 0.6 is 15.9 Å². The van der Waals surface area contributed by atoms with Gasteiger partial charge in [-0.1, -0.05) is 21.1 Å². The van der Waals surface area contributed by atoms with E-state index in [1.54, 1.807) is 18.2 Å². The van der Waals surface area contributed by atoms with E-state index in [0.29, 0.717) is 33.6 Å². The molecule has 0 unspecified atom stereocenters. The van der Waals surface area contributed by atoms with E-state index in [1.165, 1.54) is 0 Å². The Balaban J connectivity index is 1.94. The van der Waals surface area contributed by atoms with Crippen molar-refractivity contribution < 1.29 is 26.9 Å². The van der Waals surface area contributed by atoms with Crippen LogP contribution in [0.2, 0.25) is 0 Å². The number of anilines is 1. The van der Waals surface area contributed by atoms with Crippen LogP contribution in [-0.2, 0) is 6.18 Å². The van der Waals surface area contributed by atoms with Crippen molar-refractivity contribution in [3.05, 3.63) is 57.9 Å². The van der Waals surface area contributed by atoms with E-state index in [4.69, 9.17) is 4.52 Å². The van der Waals surface area contributed by atoms with Crippen LogP contribution in [0.1, 0.15) is 16.1 Å². The highest BCUT2D eigenvalue weighted by Gasteiger charge is 2.31. The van der Waals surface area contributed by atoms with Crippen LogP contribution in [0.5, 0.6) is 0 Å². The molecule has 3 rings (SSSR count). The Morgan fingerprint density at radius 2 is 1.92 bits per heavy atom. The first kappa shape index (κ1) is 16.4. The van der Waals surface area contributed by atoms with E-state index in [9.17, 15) is 22.4 Å². The predicted molar refractivity (Wildman–Crippen MR) is 81.1 cm³/mol. The first-order valence-electron chi connectivity index (χ1n) is 6.49. The highest BCUT2D eigenvalue weighted by molar-refractivity contribution is 9.10. The molecule has 124 valence electrons. The van der Waals surface area contributed by atoms with Gasteiger partial charge < -0.3 is 9.84 Å². The van der Waals surface area contributed by atoms with E-state index in [0.717, 1.165) is 0 Å². The van der Waals surface area contributed by atoms with Crippen LogP contribution in [0, 0.1) is 5.82 Å². The number of benzene rings is 2. The van der Waals surface area contributed by atoms with Gasteiger partial charge in [0.25, 0.3) is 5.91 Å². The maximum Gasteiger partial charge on any atom is 0.416 e. The lowest BCUT2D eigenvalue weighted by Gasteiger charge is -2.10. The van der Waals surface area contributed by atoms with Crippen LogP contribution in [0.3, 0.4) is 0 Å². The first-order valence-corrected chi connectivity index (χ1v) is 7.28. The molecular weight excluding hydrogens is 396 g/mol. The lowest BCUT2D eigenvalue weighted by atomic mass is 10.1. The van der Waals surface area contributed by atoms with Gasteiger partial charge in [-0.3, -0.25) is 4.79 Å². The van der Waals surface area contributed by atoms with Gasteiger partial charge in [0, 0.05) is 4.47 Å². The zero-order valence-corrected chi connectivity index (χ0v) is 13.2. The van der Waals surface area contributed by atoms with E-state index in [2.05, 4.69) is 26.4 Å². The Morgan fingerprint density at radius 1 is 1.17 bits per heavy atom. The molecule has 4 nitrogen and oxygen atoms in total. The number of nitrogens with zero attached hydrogens (tertiary/aromatic N) is 1. The van der Waals surface area contributed by atoms with Gasteiger partial charge in [-0.2, -0.15) is 13.2 Å². The van der Waals surface area contributed by atoms with Crippen molar-refractivity contribution in [2.75, 3.05) is 5.32 Å². The molecule has 0 aliphatic rings. The van der Waals surface area contributed by atoms with Crippen LogP contribution in [0.15, 0.2) is 45.4 Å². The zero-order valence-electron chi connectivity index (χ0n) is 11.6. The first-order chi connectivity index (χ1) is 11.3. The van der Waals surface area contributed by atoms with Gasteiger partial charge >= 0.3 is 6.18 Å². The number of halogens is 5. The summed E-state index contributed by atoms with van der Waals surface area (Å²) in [4.78, 5) is 12.2. The molecule has 24 heavy (non-hydrogen) atoms. The van der Waals surface area contributed by atoms with Crippen molar-refractivity contribution in [1.82, 2.24) is 5.16 Å². The molecule has 0 fully saturated rings. The number of nitrogens with one attached hydrogen (secondary N) is 1. The number of hydrogen-bond donors (Lipinski definition) is 1. The Bertz CT molecular complexity index is 937. The zero-order chi connectivity index (χ0) is 17.5. The van der Waals surface area contributed by atoms with Crippen LogP contribution in [0.4, 0.5) is 23.2 Å². The quantitative estimate of drug-likeness (QED) is 0.613. The average Bonchev–Trinajstić information content (AvgIpc) is 2.91. The molecule has 0 aliphatic carbocycles. The number of carbonyl (C=O) groups excluding carboxylic acids is 1. The molecule has 0 saturated heterocycles. The Labute approximate surface area is 140 Å². The van der Waals surface area contributed by atoms with E-state index < -0.39 is 29.2 Å². The number of hydrogen-bond acceptors (Lipinski definition) is 3. The summed E-state index contributed by atoms with van der Waals surface area (Å²) in [5.74, 6) is -1.87. The average molecular weight is 403 g/mol. The standard InChI is InChI=1S/C15H7BrF4N2O2/c16-8-2-3-9-12(6-8)24-22-13(9)14(23)21-11-5-7(15(18,19)20)1-4-10(11)17/h1-6H,(H,21,23). The van der Waals surface area contributed by atoms with Crippen molar-refractivity contribution in [1.29, 1.82) is 0 Å². The van der Waals surface area contributed by atoms with Crippen molar-refractivity contribution in [3.63, 3.8) is 0 Å². The topological polar surface area (TPSA) is 55.1 Å². The molecule has 0 radical (unpaired) electrons. The van der Waals surface area contributed by atoms with Crippen molar-refractivity contribution >= 4 is 38.5 Å². The Hall–Kier alpha value is -2.42. The number of amides is 1. The summed E-state index contributed by atoms with van der Waals surface area (Å²) >= 11 is 3.22. The monoisotopic (exact) mass is 402 g/mol. The summed E-state index contributed by atoms with van der Waals surface area (Å²) in [5, 5.41) is 6.01.